The van der Waals surface area contributed by atoms with Gasteiger partial charge in [-0.05, 0) is 70.1 Å². The highest BCUT2D eigenvalue weighted by molar-refractivity contribution is 7.15. The van der Waals surface area contributed by atoms with Crippen LogP contribution in [0.2, 0.25) is 0 Å². The molecule has 1 N–H and O–H groups in total. The number of carbonyl (C=O) groups is 1. The van der Waals surface area contributed by atoms with Crippen molar-refractivity contribution in [3.8, 4) is 16.9 Å². The second-order valence-corrected chi connectivity index (χ2v) is 10.1. The largest absolute Gasteiger partial charge is 0.498 e. The fourth-order valence-corrected chi connectivity index (χ4v) is 4.31. The van der Waals surface area contributed by atoms with Crippen LogP contribution in [0, 0.1) is 29.1 Å². The number of hydrogen-bond acceptors (Lipinski definition) is 4. The molecule has 1 amide bonds. The van der Waals surface area contributed by atoms with Gasteiger partial charge in [-0.3, -0.25) is 9.78 Å². The summed E-state index contributed by atoms with van der Waals surface area (Å²) in [6.45, 7) is 8.80. The van der Waals surface area contributed by atoms with E-state index in [2.05, 4.69) is 44.5 Å². The molecule has 0 bridgehead atoms. The molecule has 0 unspecified atom stereocenters. The highest BCUT2D eigenvalue weighted by Gasteiger charge is 2.31. The SMILES string of the molecule is CC1CCC(C(=O)N(Cc2cccnc2)c2cc(C#CC(C)(C)C)sc2O)CC1. The van der Waals surface area contributed by atoms with Crippen LogP contribution in [-0.2, 0) is 11.3 Å². The van der Waals surface area contributed by atoms with E-state index in [4.69, 9.17) is 0 Å². The van der Waals surface area contributed by atoms with E-state index in [1.165, 1.54) is 11.3 Å². The number of aromatic nitrogens is 1. The highest BCUT2D eigenvalue weighted by atomic mass is 32.1. The van der Waals surface area contributed by atoms with Crippen molar-refractivity contribution < 1.29 is 9.90 Å². The van der Waals surface area contributed by atoms with Gasteiger partial charge in [0, 0.05) is 23.7 Å². The van der Waals surface area contributed by atoms with Crippen LogP contribution in [0.4, 0.5) is 5.69 Å². The van der Waals surface area contributed by atoms with Crippen LogP contribution in [0.3, 0.4) is 0 Å². The molecule has 154 valence electrons. The fourth-order valence-electron chi connectivity index (χ4n) is 3.56. The van der Waals surface area contributed by atoms with Gasteiger partial charge in [-0.25, -0.2) is 0 Å². The van der Waals surface area contributed by atoms with E-state index in [9.17, 15) is 9.90 Å². The topological polar surface area (TPSA) is 53.4 Å². The van der Waals surface area contributed by atoms with E-state index in [1.807, 2.05) is 18.2 Å². The Kier molecular flexibility index (Phi) is 6.64. The molecule has 3 rings (SSSR count). The molecular formula is C24H30N2O2S. The zero-order valence-electron chi connectivity index (χ0n) is 17.7. The lowest BCUT2D eigenvalue weighted by Gasteiger charge is -2.31. The normalized spacial score (nSPS) is 19.3. The van der Waals surface area contributed by atoms with E-state index >= 15 is 0 Å². The minimum atomic E-state index is -0.121. The monoisotopic (exact) mass is 410 g/mol. The minimum absolute atomic E-state index is 0.00582. The number of anilines is 1. The van der Waals surface area contributed by atoms with E-state index < -0.39 is 0 Å². The van der Waals surface area contributed by atoms with Crippen LogP contribution in [0.5, 0.6) is 5.06 Å². The highest BCUT2D eigenvalue weighted by Crippen LogP contribution is 2.39. The van der Waals surface area contributed by atoms with Crippen LogP contribution in [0.1, 0.15) is 63.8 Å². The van der Waals surface area contributed by atoms with Crippen molar-refractivity contribution in [3.63, 3.8) is 0 Å². The maximum Gasteiger partial charge on any atom is 0.230 e. The first-order chi connectivity index (χ1) is 13.7. The van der Waals surface area contributed by atoms with Crippen LogP contribution in [0.25, 0.3) is 0 Å². The van der Waals surface area contributed by atoms with Gasteiger partial charge in [-0.2, -0.15) is 0 Å². The molecule has 4 nitrogen and oxygen atoms in total. The Bertz CT molecular complexity index is 894. The average molecular weight is 411 g/mol. The Labute approximate surface area is 178 Å². The van der Waals surface area contributed by atoms with Gasteiger partial charge in [0.25, 0.3) is 0 Å². The lowest BCUT2D eigenvalue weighted by Crippen LogP contribution is -2.37. The van der Waals surface area contributed by atoms with Crippen molar-refractivity contribution in [1.82, 2.24) is 4.98 Å². The minimum Gasteiger partial charge on any atom is -0.498 e. The summed E-state index contributed by atoms with van der Waals surface area (Å²) < 4.78 is 0. The molecule has 0 radical (unpaired) electrons. The third-order valence-corrected chi connectivity index (χ3v) is 6.08. The second kappa shape index (κ2) is 9.00. The summed E-state index contributed by atoms with van der Waals surface area (Å²) >= 11 is 1.23. The smallest absolute Gasteiger partial charge is 0.230 e. The Morgan fingerprint density at radius 1 is 1.31 bits per heavy atom. The summed E-state index contributed by atoms with van der Waals surface area (Å²) in [6, 6.07) is 5.67. The molecular weight excluding hydrogens is 380 g/mol. The fraction of sp³-hybridized carbons (Fsp3) is 0.500. The number of carbonyl (C=O) groups excluding carboxylic acids is 1. The zero-order chi connectivity index (χ0) is 21.0. The molecule has 1 saturated carbocycles. The summed E-state index contributed by atoms with van der Waals surface area (Å²) in [6.07, 6.45) is 7.47. The Morgan fingerprint density at radius 2 is 2.03 bits per heavy atom. The van der Waals surface area contributed by atoms with Crippen LogP contribution < -0.4 is 4.90 Å². The zero-order valence-corrected chi connectivity index (χ0v) is 18.6. The third-order valence-electron chi connectivity index (χ3n) is 5.24. The molecule has 2 aromatic heterocycles. The number of rotatable bonds is 4. The summed E-state index contributed by atoms with van der Waals surface area (Å²) in [7, 11) is 0. The Hall–Kier alpha value is -2.32. The molecule has 2 heterocycles. The van der Waals surface area contributed by atoms with Gasteiger partial charge < -0.3 is 10.0 Å². The van der Waals surface area contributed by atoms with Crippen molar-refractivity contribution in [1.29, 1.82) is 0 Å². The predicted molar refractivity (Wildman–Crippen MR) is 119 cm³/mol. The van der Waals surface area contributed by atoms with Gasteiger partial charge in [0.05, 0.1) is 17.1 Å². The van der Waals surface area contributed by atoms with Crippen molar-refractivity contribution >= 4 is 22.9 Å². The second-order valence-electron chi connectivity index (χ2n) is 9.04. The van der Waals surface area contributed by atoms with Crippen LogP contribution in [0.15, 0.2) is 30.6 Å². The molecule has 0 atom stereocenters. The number of amides is 1. The molecule has 0 aromatic carbocycles. The van der Waals surface area contributed by atoms with E-state index in [0.29, 0.717) is 18.2 Å². The Morgan fingerprint density at radius 3 is 2.66 bits per heavy atom. The van der Waals surface area contributed by atoms with E-state index in [-0.39, 0.29) is 22.3 Å². The summed E-state index contributed by atoms with van der Waals surface area (Å²) in [5, 5.41) is 10.8. The number of pyridine rings is 1. The van der Waals surface area contributed by atoms with Crippen LogP contribution in [-0.4, -0.2) is 16.0 Å². The first-order valence-corrected chi connectivity index (χ1v) is 11.1. The van der Waals surface area contributed by atoms with Gasteiger partial charge >= 0.3 is 0 Å². The van der Waals surface area contributed by atoms with Gasteiger partial charge in [0.1, 0.15) is 0 Å². The molecule has 0 aliphatic heterocycles. The third kappa shape index (κ3) is 5.83. The standard InChI is InChI=1S/C24H30N2O2S/c1-17-7-9-19(10-8-17)22(27)26(16-18-6-5-13-25-15-18)21-14-20(29-23(21)28)11-12-24(2,3)4/h5-6,13-15,17,19,28H,7-10,16H2,1-4H3. The number of hydrogen-bond donors (Lipinski definition) is 1. The van der Waals surface area contributed by atoms with Gasteiger partial charge in [0.2, 0.25) is 5.91 Å². The maximum atomic E-state index is 13.5. The molecule has 0 saturated heterocycles. The summed E-state index contributed by atoms with van der Waals surface area (Å²) in [4.78, 5) is 20.1. The van der Waals surface area contributed by atoms with Crippen molar-refractivity contribution in [2.24, 2.45) is 17.3 Å². The predicted octanol–water partition coefficient (Wildman–Crippen LogP) is 5.61. The quantitative estimate of drug-likeness (QED) is 0.667. The van der Waals surface area contributed by atoms with E-state index in [1.54, 1.807) is 17.3 Å². The molecule has 1 aliphatic carbocycles. The summed E-state index contributed by atoms with van der Waals surface area (Å²) in [5.41, 5.74) is 1.38. The van der Waals surface area contributed by atoms with Gasteiger partial charge in [-0.15, -0.1) is 0 Å². The lowest BCUT2D eigenvalue weighted by atomic mass is 9.82. The van der Waals surface area contributed by atoms with Crippen molar-refractivity contribution in [3.05, 3.63) is 41.0 Å². The first kappa shape index (κ1) is 21.4. The van der Waals surface area contributed by atoms with Crippen LogP contribution >= 0.6 is 11.3 Å². The number of thiophene rings is 1. The van der Waals surface area contributed by atoms with Gasteiger partial charge in [0.15, 0.2) is 5.06 Å². The average Bonchev–Trinajstić information content (AvgIpc) is 3.05. The number of nitrogens with zero attached hydrogens (tertiary/aromatic N) is 2. The molecule has 0 spiro atoms. The van der Waals surface area contributed by atoms with Gasteiger partial charge in [-0.1, -0.05) is 36.2 Å². The number of aromatic hydroxyl groups is 1. The molecule has 5 heteroatoms. The lowest BCUT2D eigenvalue weighted by molar-refractivity contribution is -0.123. The molecule has 29 heavy (non-hydrogen) atoms. The summed E-state index contributed by atoms with van der Waals surface area (Å²) in [5.74, 6) is 7.12. The molecule has 2 aromatic rings. The van der Waals surface area contributed by atoms with Crippen molar-refractivity contribution in [2.45, 2.75) is 59.9 Å². The molecule has 1 fully saturated rings. The molecule has 1 aliphatic rings. The first-order valence-electron chi connectivity index (χ1n) is 10.3. The maximum absolute atomic E-state index is 13.5. The van der Waals surface area contributed by atoms with E-state index in [0.717, 1.165) is 36.1 Å². The Balaban J connectivity index is 1.91. The van der Waals surface area contributed by atoms with Crippen molar-refractivity contribution in [2.75, 3.05) is 4.90 Å².